The van der Waals surface area contributed by atoms with Crippen molar-refractivity contribution in [1.82, 2.24) is 4.31 Å². The van der Waals surface area contributed by atoms with Gasteiger partial charge < -0.3 is 10.6 Å². The average molecular weight is 410 g/mol. The zero-order chi connectivity index (χ0) is 19.9. The summed E-state index contributed by atoms with van der Waals surface area (Å²) in [4.78, 5) is 12.2. The van der Waals surface area contributed by atoms with Gasteiger partial charge in [0.15, 0.2) is 0 Å². The molecule has 0 saturated carbocycles. The lowest BCUT2D eigenvalue weighted by Crippen LogP contribution is -2.28. The number of halogens is 1. The Hall–Kier alpha value is -2.09. The molecule has 27 heavy (non-hydrogen) atoms. The van der Waals surface area contributed by atoms with E-state index in [0.717, 1.165) is 12.8 Å². The number of amides is 1. The molecule has 0 fully saturated rings. The zero-order valence-electron chi connectivity index (χ0n) is 15.4. The number of carbonyl (C=O) groups is 1. The number of sulfonamides is 1. The van der Waals surface area contributed by atoms with Crippen molar-refractivity contribution >= 4 is 38.9 Å². The van der Waals surface area contributed by atoms with Gasteiger partial charge in [0, 0.05) is 19.3 Å². The monoisotopic (exact) mass is 409 g/mol. The van der Waals surface area contributed by atoms with Gasteiger partial charge >= 0.3 is 0 Å². The summed E-state index contributed by atoms with van der Waals surface area (Å²) in [6, 6.07) is 13.3. The quantitative estimate of drug-likeness (QED) is 0.660. The van der Waals surface area contributed by atoms with Crippen molar-refractivity contribution in [2.24, 2.45) is 0 Å². The Morgan fingerprint density at radius 3 is 2.41 bits per heavy atom. The molecule has 2 rings (SSSR count). The maximum absolute atomic E-state index is 12.5. The Kier molecular flexibility index (Phi) is 7.65. The summed E-state index contributed by atoms with van der Waals surface area (Å²) in [6.45, 7) is 2.54. The van der Waals surface area contributed by atoms with Crippen molar-refractivity contribution in [2.45, 2.75) is 24.7 Å². The van der Waals surface area contributed by atoms with E-state index >= 15 is 0 Å². The number of nitrogens with one attached hydrogen (secondary N) is 2. The van der Waals surface area contributed by atoms with Gasteiger partial charge in [0.2, 0.25) is 15.9 Å². The highest BCUT2D eigenvalue weighted by molar-refractivity contribution is 7.89. The van der Waals surface area contributed by atoms with Gasteiger partial charge in [-0.3, -0.25) is 4.79 Å². The van der Waals surface area contributed by atoms with Crippen molar-refractivity contribution < 1.29 is 13.2 Å². The SMILES string of the molecule is CCCCN(C)S(=O)(=O)c1ccc(NCC(=O)Nc2ccccc2Cl)cc1. The molecule has 1 amide bonds. The van der Waals surface area contributed by atoms with Crippen LogP contribution < -0.4 is 10.6 Å². The molecule has 2 N–H and O–H groups in total. The topological polar surface area (TPSA) is 78.5 Å². The number of anilines is 2. The minimum atomic E-state index is -3.49. The van der Waals surface area contributed by atoms with E-state index in [0.29, 0.717) is 22.9 Å². The lowest BCUT2D eigenvalue weighted by Gasteiger charge is -2.17. The molecular weight excluding hydrogens is 386 g/mol. The van der Waals surface area contributed by atoms with Gasteiger partial charge in [-0.2, -0.15) is 0 Å². The first-order chi connectivity index (χ1) is 12.8. The van der Waals surface area contributed by atoms with Crippen LogP contribution in [0.3, 0.4) is 0 Å². The Bertz CT molecular complexity index is 870. The van der Waals surface area contributed by atoms with Crippen molar-refractivity contribution in [2.75, 3.05) is 30.8 Å². The van der Waals surface area contributed by atoms with Crippen LogP contribution in [0.5, 0.6) is 0 Å². The van der Waals surface area contributed by atoms with E-state index in [1.807, 2.05) is 6.92 Å². The lowest BCUT2D eigenvalue weighted by molar-refractivity contribution is -0.114. The van der Waals surface area contributed by atoms with Gasteiger partial charge in [-0.05, 0) is 42.8 Å². The van der Waals surface area contributed by atoms with Gasteiger partial charge in [-0.15, -0.1) is 0 Å². The summed E-state index contributed by atoms with van der Waals surface area (Å²) in [5, 5.41) is 6.14. The number of carbonyl (C=O) groups excluding carboxylic acids is 1. The summed E-state index contributed by atoms with van der Waals surface area (Å²) >= 11 is 6.01. The molecule has 0 aliphatic rings. The van der Waals surface area contributed by atoms with Gasteiger partial charge in [-0.1, -0.05) is 37.1 Å². The Balaban J connectivity index is 1.93. The number of para-hydroxylation sites is 1. The molecule has 2 aromatic rings. The summed E-state index contributed by atoms with van der Waals surface area (Å²) in [5.74, 6) is -0.251. The normalized spacial score (nSPS) is 11.4. The highest BCUT2D eigenvalue weighted by atomic mass is 35.5. The minimum Gasteiger partial charge on any atom is -0.376 e. The maximum atomic E-state index is 12.5. The van der Waals surface area contributed by atoms with Crippen LogP contribution in [0.4, 0.5) is 11.4 Å². The predicted octanol–water partition coefficient (Wildman–Crippen LogP) is 3.81. The van der Waals surface area contributed by atoms with Gasteiger partial charge in [0.1, 0.15) is 0 Å². The van der Waals surface area contributed by atoms with E-state index in [1.165, 1.54) is 16.4 Å². The smallest absolute Gasteiger partial charge is 0.243 e. The second-order valence-electron chi connectivity index (χ2n) is 6.09. The first-order valence-electron chi connectivity index (χ1n) is 8.69. The van der Waals surface area contributed by atoms with Gasteiger partial charge in [-0.25, -0.2) is 12.7 Å². The molecule has 8 heteroatoms. The van der Waals surface area contributed by atoms with Crippen molar-refractivity contribution in [3.63, 3.8) is 0 Å². The predicted molar refractivity (Wildman–Crippen MR) is 110 cm³/mol. The lowest BCUT2D eigenvalue weighted by atomic mass is 10.3. The number of unbranched alkanes of at least 4 members (excludes halogenated alkanes) is 1. The molecule has 0 aliphatic carbocycles. The number of hydrogen-bond donors (Lipinski definition) is 2. The summed E-state index contributed by atoms with van der Waals surface area (Å²) in [7, 11) is -1.91. The first kappa shape index (κ1) is 21.2. The van der Waals surface area contributed by atoms with Crippen molar-refractivity contribution in [3.05, 3.63) is 53.6 Å². The number of benzene rings is 2. The molecule has 2 aromatic carbocycles. The maximum Gasteiger partial charge on any atom is 0.243 e. The molecule has 0 radical (unpaired) electrons. The number of rotatable bonds is 9. The Morgan fingerprint density at radius 1 is 1.11 bits per heavy atom. The van der Waals surface area contributed by atoms with Crippen molar-refractivity contribution in [1.29, 1.82) is 0 Å². The van der Waals surface area contributed by atoms with E-state index < -0.39 is 10.0 Å². The molecule has 0 aliphatic heterocycles. The second kappa shape index (κ2) is 9.73. The molecule has 6 nitrogen and oxygen atoms in total. The fraction of sp³-hybridized carbons (Fsp3) is 0.316. The molecule has 146 valence electrons. The van der Waals surface area contributed by atoms with Crippen LogP contribution in [0.1, 0.15) is 19.8 Å². The highest BCUT2D eigenvalue weighted by Gasteiger charge is 2.19. The largest absolute Gasteiger partial charge is 0.376 e. The van der Waals surface area contributed by atoms with E-state index in [9.17, 15) is 13.2 Å². The third kappa shape index (κ3) is 5.95. The standard InChI is InChI=1S/C19H24ClN3O3S/c1-3-4-13-23(2)27(25,26)16-11-9-15(10-12-16)21-14-19(24)22-18-8-6-5-7-17(18)20/h5-12,21H,3-4,13-14H2,1-2H3,(H,22,24). The molecule has 0 atom stereocenters. The average Bonchev–Trinajstić information content (AvgIpc) is 2.66. The molecule has 0 unspecified atom stereocenters. The second-order valence-corrected chi connectivity index (χ2v) is 8.54. The summed E-state index contributed by atoms with van der Waals surface area (Å²) in [6.07, 6.45) is 1.74. The van der Waals surface area contributed by atoms with Crippen LogP contribution in [-0.2, 0) is 14.8 Å². The fourth-order valence-corrected chi connectivity index (χ4v) is 3.76. The number of nitrogens with zero attached hydrogens (tertiary/aromatic N) is 1. The van der Waals surface area contributed by atoms with Crippen LogP contribution in [0.2, 0.25) is 5.02 Å². The zero-order valence-corrected chi connectivity index (χ0v) is 17.0. The van der Waals surface area contributed by atoms with Crippen LogP contribution >= 0.6 is 11.6 Å². The molecule has 0 aromatic heterocycles. The minimum absolute atomic E-state index is 0.0354. The van der Waals surface area contributed by atoms with Gasteiger partial charge in [0.05, 0.1) is 22.2 Å². The van der Waals surface area contributed by atoms with Gasteiger partial charge in [0.25, 0.3) is 0 Å². The third-order valence-corrected chi connectivity index (χ3v) is 6.19. The van der Waals surface area contributed by atoms with Crippen LogP contribution in [0.25, 0.3) is 0 Å². The van der Waals surface area contributed by atoms with E-state index in [2.05, 4.69) is 10.6 Å². The van der Waals surface area contributed by atoms with E-state index in [4.69, 9.17) is 11.6 Å². The van der Waals surface area contributed by atoms with E-state index in [1.54, 1.807) is 43.4 Å². The Labute approximate surface area is 165 Å². The molecule has 0 bridgehead atoms. The van der Waals surface area contributed by atoms with E-state index in [-0.39, 0.29) is 17.3 Å². The Morgan fingerprint density at radius 2 is 1.78 bits per heavy atom. The first-order valence-corrected chi connectivity index (χ1v) is 10.5. The molecular formula is C19H24ClN3O3S. The summed E-state index contributed by atoms with van der Waals surface area (Å²) < 4.78 is 26.3. The molecule has 0 saturated heterocycles. The number of hydrogen-bond acceptors (Lipinski definition) is 4. The fourth-order valence-electron chi connectivity index (χ4n) is 2.36. The van der Waals surface area contributed by atoms with Crippen LogP contribution in [0.15, 0.2) is 53.4 Å². The van der Waals surface area contributed by atoms with Crippen molar-refractivity contribution in [3.8, 4) is 0 Å². The van der Waals surface area contributed by atoms with Crippen LogP contribution in [-0.4, -0.2) is 38.8 Å². The van der Waals surface area contributed by atoms with Crippen LogP contribution in [0, 0.1) is 0 Å². The molecule has 0 spiro atoms. The summed E-state index contributed by atoms with van der Waals surface area (Å²) in [5.41, 5.74) is 1.20. The third-order valence-electron chi connectivity index (χ3n) is 3.99. The molecule has 0 heterocycles. The highest BCUT2D eigenvalue weighted by Crippen LogP contribution is 2.20.